The van der Waals surface area contributed by atoms with Crippen LogP contribution in [0.25, 0.3) is 0 Å². The van der Waals surface area contributed by atoms with Crippen LogP contribution in [0.15, 0.2) is 0 Å². The lowest BCUT2D eigenvalue weighted by Gasteiger charge is -2.53. The smallest absolute Gasteiger partial charge is 0.163 e. The monoisotopic (exact) mass is 324 g/mol. The van der Waals surface area contributed by atoms with Gasteiger partial charge in [0.25, 0.3) is 0 Å². The third kappa shape index (κ3) is 2.25. The highest BCUT2D eigenvalue weighted by Crippen LogP contribution is 2.67. The van der Waals surface area contributed by atoms with E-state index in [1.807, 2.05) is 0 Å². The summed E-state index contributed by atoms with van der Waals surface area (Å²) < 4.78 is 11.6. The van der Waals surface area contributed by atoms with Crippen molar-refractivity contribution in [3.8, 4) is 0 Å². The molecule has 0 aromatic rings. The summed E-state index contributed by atoms with van der Waals surface area (Å²) in [7, 11) is 0. The summed E-state index contributed by atoms with van der Waals surface area (Å²) in [5.74, 6) is 0.397. The van der Waals surface area contributed by atoms with Gasteiger partial charge in [0.2, 0.25) is 0 Å². The molecule has 2 N–H and O–H groups in total. The highest BCUT2D eigenvalue weighted by molar-refractivity contribution is 5.19. The molecule has 2 saturated heterocycles. The number of hydrogen-bond acceptors (Lipinski definition) is 4. The number of aliphatic hydroxyl groups is 2. The number of rotatable bonds is 1. The topological polar surface area (TPSA) is 62.2 Å². The Hall–Kier alpha value is -0.160. The third-order valence-corrected chi connectivity index (χ3v) is 7.55. The van der Waals surface area contributed by atoms with Crippen molar-refractivity contribution in [2.75, 3.05) is 0 Å². The van der Waals surface area contributed by atoms with Crippen LogP contribution in [0.1, 0.15) is 66.2 Å². The van der Waals surface area contributed by atoms with E-state index in [0.717, 1.165) is 12.8 Å². The van der Waals surface area contributed by atoms with E-state index in [4.69, 9.17) is 9.47 Å². The van der Waals surface area contributed by atoms with Gasteiger partial charge in [0.1, 0.15) is 5.60 Å². The van der Waals surface area contributed by atoms with Gasteiger partial charge in [-0.05, 0) is 55.8 Å². The van der Waals surface area contributed by atoms with Crippen molar-refractivity contribution in [3.05, 3.63) is 0 Å². The lowest BCUT2D eigenvalue weighted by Crippen LogP contribution is -2.54. The van der Waals surface area contributed by atoms with Crippen molar-refractivity contribution in [1.29, 1.82) is 0 Å². The molecule has 8 atom stereocenters. The molecular weight excluding hydrogens is 292 g/mol. The Morgan fingerprint density at radius 3 is 2.30 bits per heavy atom. The van der Waals surface area contributed by atoms with Gasteiger partial charge in [0.15, 0.2) is 12.6 Å². The summed E-state index contributed by atoms with van der Waals surface area (Å²) in [5, 5.41) is 20.6. The molecule has 0 radical (unpaired) electrons. The summed E-state index contributed by atoms with van der Waals surface area (Å²) in [4.78, 5) is 0. The fraction of sp³-hybridized carbons (Fsp3) is 1.00. The van der Waals surface area contributed by atoms with Gasteiger partial charge in [0, 0.05) is 11.8 Å². The first-order valence-corrected chi connectivity index (χ1v) is 9.39. The molecule has 4 rings (SSSR count). The zero-order valence-electron chi connectivity index (χ0n) is 14.9. The minimum absolute atomic E-state index is 0.0198. The summed E-state index contributed by atoms with van der Waals surface area (Å²) in [6, 6.07) is 0. The van der Waals surface area contributed by atoms with Crippen molar-refractivity contribution in [3.63, 3.8) is 0 Å². The van der Waals surface area contributed by atoms with Crippen LogP contribution in [0.2, 0.25) is 0 Å². The summed E-state index contributed by atoms with van der Waals surface area (Å²) >= 11 is 0. The first-order chi connectivity index (χ1) is 10.7. The van der Waals surface area contributed by atoms with E-state index >= 15 is 0 Å². The van der Waals surface area contributed by atoms with Crippen LogP contribution < -0.4 is 0 Å². The first kappa shape index (κ1) is 16.3. The fourth-order valence-electron chi connectivity index (χ4n) is 6.83. The second-order valence-corrected chi connectivity index (χ2v) is 9.70. The maximum absolute atomic E-state index is 10.4. The summed E-state index contributed by atoms with van der Waals surface area (Å²) in [5.41, 5.74) is 0.347. The highest BCUT2D eigenvalue weighted by Gasteiger charge is 2.73. The van der Waals surface area contributed by atoms with E-state index in [0.29, 0.717) is 11.3 Å². The lowest BCUT2D eigenvalue weighted by atomic mass is 9.51. The van der Waals surface area contributed by atoms with Crippen LogP contribution in [0.5, 0.6) is 0 Å². The molecule has 0 aromatic carbocycles. The highest BCUT2D eigenvalue weighted by atomic mass is 16.7. The zero-order chi connectivity index (χ0) is 16.6. The Balaban J connectivity index is 1.67. The van der Waals surface area contributed by atoms with Crippen molar-refractivity contribution in [2.24, 2.45) is 28.6 Å². The number of fused-ring (bicyclic) bond motifs is 2. The quantitative estimate of drug-likeness (QED) is 0.728. The van der Waals surface area contributed by atoms with E-state index < -0.39 is 12.6 Å². The van der Waals surface area contributed by atoms with E-state index in [1.165, 1.54) is 25.7 Å². The molecule has 23 heavy (non-hydrogen) atoms. The molecule has 2 aliphatic carbocycles. The summed E-state index contributed by atoms with van der Waals surface area (Å²) in [6.45, 7) is 9.34. The second kappa shape index (κ2) is 4.94. The van der Waals surface area contributed by atoms with Crippen LogP contribution in [0, 0.1) is 28.6 Å². The SMILES string of the molecule is CC1OC12C1C(O)OC(O)C1CCC2C1(C)CCCC(C)(C)C1. The molecule has 4 heteroatoms. The maximum atomic E-state index is 10.4. The Labute approximate surface area is 139 Å². The lowest BCUT2D eigenvalue weighted by molar-refractivity contribution is -0.177. The zero-order valence-corrected chi connectivity index (χ0v) is 14.9. The largest absolute Gasteiger partial charge is 0.368 e. The van der Waals surface area contributed by atoms with Crippen molar-refractivity contribution in [2.45, 2.75) is 90.5 Å². The Morgan fingerprint density at radius 2 is 1.70 bits per heavy atom. The average molecular weight is 324 g/mol. The molecule has 2 saturated carbocycles. The maximum Gasteiger partial charge on any atom is 0.163 e. The molecule has 0 bridgehead atoms. The van der Waals surface area contributed by atoms with Gasteiger partial charge < -0.3 is 19.7 Å². The Bertz CT molecular complexity index is 492. The van der Waals surface area contributed by atoms with Gasteiger partial charge >= 0.3 is 0 Å². The molecule has 8 unspecified atom stereocenters. The molecule has 4 fully saturated rings. The van der Waals surface area contributed by atoms with Crippen LogP contribution in [0.3, 0.4) is 0 Å². The van der Waals surface area contributed by atoms with Crippen molar-refractivity contribution < 1.29 is 19.7 Å². The van der Waals surface area contributed by atoms with Gasteiger partial charge in [-0.2, -0.15) is 0 Å². The molecule has 4 nitrogen and oxygen atoms in total. The van der Waals surface area contributed by atoms with Gasteiger partial charge in [0.05, 0.1) is 6.10 Å². The average Bonchev–Trinajstić information content (AvgIpc) is 2.95. The summed E-state index contributed by atoms with van der Waals surface area (Å²) in [6.07, 6.45) is 5.49. The third-order valence-electron chi connectivity index (χ3n) is 7.55. The molecule has 0 aromatic heterocycles. The Morgan fingerprint density at radius 1 is 1.00 bits per heavy atom. The minimum atomic E-state index is -0.886. The molecule has 4 aliphatic rings. The predicted molar refractivity (Wildman–Crippen MR) is 86.4 cm³/mol. The molecule has 2 aliphatic heterocycles. The number of epoxide rings is 1. The number of hydrogen-bond donors (Lipinski definition) is 2. The van der Waals surface area contributed by atoms with Crippen molar-refractivity contribution >= 4 is 0 Å². The van der Waals surface area contributed by atoms with Gasteiger partial charge in [-0.1, -0.05) is 27.2 Å². The van der Waals surface area contributed by atoms with Crippen LogP contribution >= 0.6 is 0 Å². The van der Waals surface area contributed by atoms with Crippen molar-refractivity contribution in [1.82, 2.24) is 0 Å². The molecular formula is C19H32O4. The number of ether oxygens (including phenoxy) is 2. The standard InChI is InChI=1S/C19H32O4/c1-11-19(23-11)13(18(4)9-5-8-17(2,3)10-18)7-6-12-14(19)16(21)22-15(12)20/h11-16,20-21H,5-10H2,1-4H3. The van der Waals surface area contributed by atoms with E-state index in [-0.39, 0.29) is 29.0 Å². The Kier molecular flexibility index (Phi) is 3.50. The van der Waals surface area contributed by atoms with Gasteiger partial charge in [-0.3, -0.25) is 0 Å². The molecule has 2 heterocycles. The first-order valence-electron chi connectivity index (χ1n) is 9.39. The normalized spacial score (nSPS) is 58.2. The number of aliphatic hydroxyl groups excluding tert-OH is 2. The second-order valence-electron chi connectivity index (χ2n) is 9.70. The van der Waals surface area contributed by atoms with E-state index in [1.54, 1.807) is 0 Å². The molecule has 0 amide bonds. The van der Waals surface area contributed by atoms with E-state index in [2.05, 4.69) is 27.7 Å². The minimum Gasteiger partial charge on any atom is -0.368 e. The fourth-order valence-corrected chi connectivity index (χ4v) is 6.83. The van der Waals surface area contributed by atoms with Gasteiger partial charge in [-0.15, -0.1) is 0 Å². The molecule has 132 valence electrons. The van der Waals surface area contributed by atoms with Crippen LogP contribution in [0.4, 0.5) is 0 Å². The van der Waals surface area contributed by atoms with Crippen LogP contribution in [-0.2, 0) is 9.47 Å². The predicted octanol–water partition coefficient (Wildman–Crippen LogP) is 3.06. The van der Waals surface area contributed by atoms with Crippen LogP contribution in [-0.4, -0.2) is 34.5 Å². The van der Waals surface area contributed by atoms with E-state index in [9.17, 15) is 10.2 Å². The molecule has 1 spiro atoms. The van der Waals surface area contributed by atoms with Gasteiger partial charge in [-0.25, -0.2) is 0 Å².